The van der Waals surface area contributed by atoms with Crippen LogP contribution in [0.2, 0.25) is 0 Å². The van der Waals surface area contributed by atoms with Crippen molar-refractivity contribution in [3.63, 3.8) is 0 Å². The molecule has 3 rings (SSSR count). The first-order valence-corrected chi connectivity index (χ1v) is 14.2. The van der Waals surface area contributed by atoms with Gasteiger partial charge in [-0.15, -0.1) is 23.4 Å². The minimum absolute atomic E-state index is 0.0484. The minimum atomic E-state index is -4.33. The quantitative estimate of drug-likeness (QED) is 0.230. The van der Waals surface area contributed by atoms with E-state index in [1.807, 2.05) is 13.8 Å². The molecule has 35 heavy (non-hydrogen) atoms. The maximum atomic E-state index is 14.3. The number of thioether (sulfide) groups is 1. The third kappa shape index (κ3) is 7.65. The number of amides is 1. The summed E-state index contributed by atoms with van der Waals surface area (Å²) in [6, 6.07) is -2.11. The highest BCUT2D eigenvalue weighted by molar-refractivity contribution is 8.02. The molecular weight excluding hydrogens is 501 g/mol. The van der Waals surface area contributed by atoms with Gasteiger partial charge < -0.3 is 14.5 Å². The molecule has 0 bridgehead atoms. The van der Waals surface area contributed by atoms with Crippen molar-refractivity contribution < 1.29 is 27.2 Å². The number of rotatable bonds is 5. The van der Waals surface area contributed by atoms with E-state index in [4.69, 9.17) is 21.3 Å². The lowest BCUT2D eigenvalue weighted by Gasteiger charge is -2.43. The van der Waals surface area contributed by atoms with E-state index in [1.165, 1.54) is 11.8 Å². The van der Waals surface area contributed by atoms with Gasteiger partial charge in [0.1, 0.15) is 0 Å². The van der Waals surface area contributed by atoms with Crippen molar-refractivity contribution in [3.05, 3.63) is 0 Å². The Labute approximate surface area is 216 Å². The van der Waals surface area contributed by atoms with Crippen LogP contribution in [-0.2, 0) is 9.53 Å². The van der Waals surface area contributed by atoms with E-state index in [0.29, 0.717) is 26.1 Å². The van der Waals surface area contributed by atoms with Gasteiger partial charge >= 0.3 is 6.18 Å². The van der Waals surface area contributed by atoms with Crippen LogP contribution >= 0.6 is 23.4 Å². The summed E-state index contributed by atoms with van der Waals surface area (Å²) in [7, 11) is 3.42. The van der Waals surface area contributed by atoms with Crippen LogP contribution in [0.4, 0.5) is 13.2 Å². The van der Waals surface area contributed by atoms with Crippen LogP contribution in [0, 0.1) is 5.92 Å². The third-order valence-corrected chi connectivity index (χ3v) is 9.70. The second-order valence-electron chi connectivity index (χ2n) is 10.8. The molecule has 3 heterocycles. The van der Waals surface area contributed by atoms with E-state index in [9.17, 15) is 18.0 Å². The number of alkyl halides is 4. The minimum Gasteiger partial charge on any atom is -0.381 e. The maximum absolute atomic E-state index is 14.3. The van der Waals surface area contributed by atoms with Crippen molar-refractivity contribution in [2.45, 2.75) is 106 Å². The number of carbonyl (C=O) groups excluding carboxylic acids is 1. The van der Waals surface area contributed by atoms with Crippen LogP contribution in [0.1, 0.15) is 65.2 Å². The Bertz CT molecular complexity index is 749. The van der Waals surface area contributed by atoms with Gasteiger partial charge in [0.2, 0.25) is 5.91 Å². The monoisotopic (exact) mass is 541 g/mol. The fraction of sp³-hybridized carbons (Fsp3) is 0.917. The number of hydrogen-bond acceptors (Lipinski definition) is 4. The molecule has 0 aromatic heterocycles. The number of nitrogens with one attached hydrogen (secondary N) is 2. The summed E-state index contributed by atoms with van der Waals surface area (Å²) >= 11 is 7.60. The molecule has 3 saturated heterocycles. The number of likely N-dealkylation sites (tertiary alicyclic amines) is 1. The van der Waals surface area contributed by atoms with E-state index in [-0.39, 0.29) is 50.7 Å². The second kappa shape index (κ2) is 12.2. The lowest BCUT2D eigenvalue weighted by molar-refractivity contribution is -0.949. The summed E-state index contributed by atoms with van der Waals surface area (Å²) in [6.07, 6.45) is 0.739. The zero-order valence-corrected chi connectivity index (χ0v) is 22.8. The fourth-order valence-corrected chi connectivity index (χ4v) is 7.20. The van der Waals surface area contributed by atoms with Crippen molar-refractivity contribution in [2.24, 2.45) is 10.9 Å². The van der Waals surface area contributed by atoms with Crippen molar-refractivity contribution in [1.29, 1.82) is 0 Å². The Morgan fingerprint density at radius 1 is 1.17 bits per heavy atom. The number of guanidine groups is 1. The zero-order chi connectivity index (χ0) is 25.8. The lowest BCUT2D eigenvalue weighted by atomic mass is 9.92. The number of hydrogen-bond donors (Lipinski definition) is 2. The highest BCUT2D eigenvalue weighted by Gasteiger charge is 2.56. The first-order chi connectivity index (χ1) is 16.4. The molecule has 6 unspecified atom stereocenters. The molecule has 2 N–H and O–H groups in total. The second-order valence-corrected chi connectivity index (χ2v) is 13.0. The normalized spacial score (nSPS) is 34.9. The van der Waals surface area contributed by atoms with E-state index < -0.39 is 18.3 Å². The van der Waals surface area contributed by atoms with Crippen LogP contribution in [0.5, 0.6) is 0 Å². The number of nitrogens with zero attached hydrogens (tertiary/aromatic N) is 2. The summed E-state index contributed by atoms with van der Waals surface area (Å²) in [4.78, 5) is 17.8. The molecule has 3 fully saturated rings. The number of ether oxygens (including phenoxy) is 1. The van der Waals surface area contributed by atoms with Gasteiger partial charge in [0.15, 0.2) is 12.0 Å². The lowest BCUT2D eigenvalue weighted by Crippen LogP contribution is -2.60. The largest absolute Gasteiger partial charge is 0.441 e. The van der Waals surface area contributed by atoms with Crippen molar-refractivity contribution in [3.8, 4) is 0 Å². The van der Waals surface area contributed by atoms with Gasteiger partial charge in [-0.3, -0.25) is 10.1 Å². The molecule has 11 heteroatoms. The molecule has 3 aliphatic heterocycles. The molecule has 1 amide bonds. The molecular formula is C24H41ClF3N4O2S+. The number of carbonyl (C=O) groups is 1. The van der Waals surface area contributed by atoms with Gasteiger partial charge in [0.25, 0.3) is 0 Å². The van der Waals surface area contributed by atoms with Crippen LogP contribution in [0.15, 0.2) is 4.99 Å². The van der Waals surface area contributed by atoms with E-state index in [1.54, 1.807) is 14.1 Å². The average molecular weight is 542 g/mol. The molecule has 0 aliphatic carbocycles. The van der Waals surface area contributed by atoms with Gasteiger partial charge in [-0.25, -0.2) is 4.99 Å². The molecule has 0 aromatic carbocycles. The molecule has 3 aliphatic rings. The first-order valence-electron chi connectivity index (χ1n) is 12.8. The van der Waals surface area contributed by atoms with Crippen molar-refractivity contribution in [2.75, 3.05) is 27.3 Å². The van der Waals surface area contributed by atoms with Crippen LogP contribution in [0.25, 0.3) is 0 Å². The summed E-state index contributed by atoms with van der Waals surface area (Å²) in [5, 5.41) is 5.97. The van der Waals surface area contributed by atoms with Gasteiger partial charge in [-0.05, 0) is 38.0 Å². The summed E-state index contributed by atoms with van der Waals surface area (Å²) in [5.74, 6) is 0.0513. The topological polar surface area (TPSA) is 62.7 Å². The Hall–Kier alpha value is -0.710. The molecule has 0 saturated carbocycles. The number of quaternary nitrogens is 1. The summed E-state index contributed by atoms with van der Waals surface area (Å²) in [5.41, 5.74) is 0. The molecule has 0 radical (unpaired) electrons. The molecule has 6 atom stereocenters. The Morgan fingerprint density at radius 2 is 1.86 bits per heavy atom. The average Bonchev–Trinajstić information content (AvgIpc) is 3.18. The van der Waals surface area contributed by atoms with Gasteiger partial charge in [0, 0.05) is 32.1 Å². The van der Waals surface area contributed by atoms with Crippen LogP contribution < -0.4 is 10.6 Å². The standard InChI is InChI=1S/C24H40ClF3N4O2S/c1-5-6-17-13-15(2)18(14-20(24(26,27)28)32(17,3)4)30-23(29-16-9-11-34-12-10-16)31-22(33)19-7-8-21(25)35-19/h15-21H,5-14H2,1-4H3,(H-,29,30,31,33)/p+1. The first kappa shape index (κ1) is 28.9. The van der Waals surface area contributed by atoms with E-state index in [2.05, 4.69) is 10.6 Å². The summed E-state index contributed by atoms with van der Waals surface area (Å²) in [6.45, 7) is 5.22. The Kier molecular flexibility index (Phi) is 10.1. The Balaban J connectivity index is 1.88. The van der Waals surface area contributed by atoms with Crippen LogP contribution in [0.3, 0.4) is 0 Å². The molecule has 0 aromatic rings. The molecule has 202 valence electrons. The van der Waals surface area contributed by atoms with Gasteiger partial charge in [-0.1, -0.05) is 20.3 Å². The van der Waals surface area contributed by atoms with E-state index in [0.717, 1.165) is 32.1 Å². The SMILES string of the molecule is CCCC1CC(C)C(N=C(NC(=O)C2CCC(Cl)S2)NC2CCOCC2)CC(C(F)(F)F)[N+]1(C)C. The Morgan fingerprint density at radius 3 is 2.43 bits per heavy atom. The van der Waals surface area contributed by atoms with Crippen molar-refractivity contribution in [1.82, 2.24) is 10.6 Å². The molecule has 6 nitrogen and oxygen atoms in total. The zero-order valence-electron chi connectivity index (χ0n) is 21.2. The number of aliphatic imine (C=N–C) groups is 1. The molecule has 0 spiro atoms. The van der Waals surface area contributed by atoms with E-state index >= 15 is 0 Å². The third-order valence-electron chi connectivity index (χ3n) is 7.87. The fourth-order valence-electron chi connectivity index (χ4n) is 5.61. The highest BCUT2D eigenvalue weighted by Crippen LogP contribution is 2.41. The predicted molar refractivity (Wildman–Crippen MR) is 136 cm³/mol. The summed E-state index contributed by atoms with van der Waals surface area (Å²) < 4.78 is 48.2. The van der Waals surface area contributed by atoms with Gasteiger partial charge in [0.05, 0.1) is 36.1 Å². The van der Waals surface area contributed by atoms with Crippen LogP contribution in [-0.4, -0.2) is 84.0 Å². The smallest absolute Gasteiger partial charge is 0.381 e. The maximum Gasteiger partial charge on any atom is 0.441 e. The highest BCUT2D eigenvalue weighted by atomic mass is 35.5. The number of halogens is 4. The predicted octanol–water partition coefficient (Wildman–Crippen LogP) is 4.66. The van der Waals surface area contributed by atoms with Crippen molar-refractivity contribution >= 4 is 35.2 Å². The van der Waals surface area contributed by atoms with Gasteiger partial charge in [-0.2, -0.15) is 13.2 Å².